The smallest absolute Gasteiger partial charge is 0.339 e. The van der Waals surface area contributed by atoms with Gasteiger partial charge in [0.05, 0.1) is 7.11 Å². The van der Waals surface area contributed by atoms with E-state index >= 15 is 0 Å². The molecule has 0 aliphatic carbocycles. The van der Waals surface area contributed by atoms with Gasteiger partial charge >= 0.3 is 5.97 Å². The third-order valence-electron chi connectivity index (χ3n) is 3.25. The second-order valence-electron chi connectivity index (χ2n) is 4.56. The van der Waals surface area contributed by atoms with E-state index in [1.54, 1.807) is 18.2 Å². The number of carboxylic acid groups (broad SMARTS) is 1. The van der Waals surface area contributed by atoms with E-state index < -0.39 is 5.97 Å². The minimum Gasteiger partial charge on any atom is -0.496 e. The van der Waals surface area contributed by atoms with E-state index in [2.05, 4.69) is 9.97 Å². The number of aromatic carboxylic acids is 1. The number of fused-ring (bicyclic) bond motifs is 1. The van der Waals surface area contributed by atoms with E-state index in [1.807, 2.05) is 22.9 Å². The van der Waals surface area contributed by atoms with Crippen molar-refractivity contribution in [3.05, 3.63) is 54.0 Å². The zero-order valence-corrected chi connectivity index (χ0v) is 11.4. The summed E-state index contributed by atoms with van der Waals surface area (Å²) in [4.78, 5) is 19.5. The van der Waals surface area contributed by atoms with Gasteiger partial charge in [0.15, 0.2) is 5.82 Å². The molecule has 6 heteroatoms. The lowest BCUT2D eigenvalue weighted by atomic mass is 10.1. The predicted octanol–water partition coefficient (Wildman–Crippen LogP) is 2.14. The molecule has 0 saturated heterocycles. The first-order chi connectivity index (χ1) is 10.2. The molecule has 2 aliphatic heterocycles. The zero-order chi connectivity index (χ0) is 14.8. The molecule has 0 bridgehead atoms. The lowest BCUT2D eigenvalue weighted by molar-refractivity contribution is 0.0693. The molecule has 0 radical (unpaired) electrons. The summed E-state index contributed by atoms with van der Waals surface area (Å²) in [6.45, 7) is 0.562. The van der Waals surface area contributed by atoms with E-state index in [4.69, 9.17) is 9.84 Å². The number of carboxylic acids is 1. The van der Waals surface area contributed by atoms with Gasteiger partial charge in [-0.2, -0.15) is 0 Å². The van der Waals surface area contributed by atoms with Crippen LogP contribution in [0.5, 0.6) is 5.75 Å². The van der Waals surface area contributed by atoms with Crippen molar-refractivity contribution in [1.29, 1.82) is 0 Å². The van der Waals surface area contributed by atoms with Crippen LogP contribution >= 0.6 is 0 Å². The van der Waals surface area contributed by atoms with Crippen molar-refractivity contribution in [2.75, 3.05) is 7.11 Å². The van der Waals surface area contributed by atoms with Gasteiger partial charge in [0.1, 0.15) is 23.3 Å². The molecule has 0 aromatic heterocycles. The number of aromatic nitrogens is 3. The highest BCUT2D eigenvalue weighted by Gasteiger charge is 2.13. The van der Waals surface area contributed by atoms with Crippen LogP contribution in [-0.2, 0) is 6.54 Å². The number of ether oxygens (including phenoxy) is 1. The van der Waals surface area contributed by atoms with Gasteiger partial charge < -0.3 is 14.4 Å². The molecule has 0 atom stereocenters. The van der Waals surface area contributed by atoms with Crippen LogP contribution < -0.4 is 4.74 Å². The number of methoxy groups -OCH3 is 1. The summed E-state index contributed by atoms with van der Waals surface area (Å²) in [5.41, 5.74) is 1.90. The third kappa shape index (κ3) is 2.43. The Labute approximate surface area is 121 Å². The van der Waals surface area contributed by atoms with Crippen molar-refractivity contribution in [1.82, 2.24) is 14.5 Å². The van der Waals surface area contributed by atoms with Gasteiger partial charge in [-0.15, -0.1) is 0 Å². The molecular formula is C15H13N3O3. The van der Waals surface area contributed by atoms with Crippen LogP contribution in [0.1, 0.15) is 15.9 Å². The summed E-state index contributed by atoms with van der Waals surface area (Å²) in [7, 11) is 1.46. The second-order valence-corrected chi connectivity index (χ2v) is 4.56. The molecule has 3 rings (SSSR count). The maximum Gasteiger partial charge on any atom is 0.339 e. The monoisotopic (exact) mass is 283 g/mol. The third-order valence-corrected chi connectivity index (χ3v) is 3.25. The molecule has 0 unspecified atom stereocenters. The highest BCUT2D eigenvalue weighted by Crippen LogP contribution is 2.22. The minimum absolute atomic E-state index is 0.151. The van der Waals surface area contributed by atoms with Crippen LogP contribution in [0, 0.1) is 0 Å². The van der Waals surface area contributed by atoms with Crippen LogP contribution in [0.25, 0.3) is 11.5 Å². The van der Waals surface area contributed by atoms with E-state index in [0.717, 1.165) is 17.1 Å². The molecule has 1 N–H and O–H groups in total. The van der Waals surface area contributed by atoms with Crippen molar-refractivity contribution in [3.8, 4) is 17.3 Å². The molecule has 0 fully saturated rings. The molecule has 1 aromatic rings. The first kappa shape index (κ1) is 13.1. The molecule has 0 saturated carbocycles. The van der Waals surface area contributed by atoms with Crippen molar-refractivity contribution in [3.63, 3.8) is 0 Å². The first-order valence-corrected chi connectivity index (χ1v) is 6.35. The van der Waals surface area contributed by atoms with Crippen LogP contribution in [0.2, 0.25) is 0 Å². The summed E-state index contributed by atoms with van der Waals surface area (Å²) in [6.07, 6.45) is 3.43. The van der Waals surface area contributed by atoms with Crippen molar-refractivity contribution in [2.24, 2.45) is 0 Å². The fourth-order valence-corrected chi connectivity index (χ4v) is 2.25. The Morgan fingerprint density at radius 3 is 2.95 bits per heavy atom. The van der Waals surface area contributed by atoms with Gasteiger partial charge in [0.2, 0.25) is 0 Å². The summed E-state index contributed by atoms with van der Waals surface area (Å²) < 4.78 is 7.10. The molecule has 21 heavy (non-hydrogen) atoms. The SMILES string of the molecule is COc1cc(Cn2cccc3ncnc2-3)ccc1C(=O)O. The van der Waals surface area contributed by atoms with Gasteiger partial charge in [-0.25, -0.2) is 14.8 Å². The first-order valence-electron chi connectivity index (χ1n) is 6.35. The van der Waals surface area contributed by atoms with Crippen LogP contribution in [0.4, 0.5) is 0 Å². The molecule has 2 heterocycles. The van der Waals surface area contributed by atoms with Crippen LogP contribution in [0.15, 0.2) is 42.9 Å². The molecule has 0 spiro atoms. The molecule has 6 nitrogen and oxygen atoms in total. The number of imidazole rings is 1. The Balaban J connectivity index is 1.95. The highest BCUT2D eigenvalue weighted by atomic mass is 16.5. The number of rotatable bonds is 4. The number of pyridine rings is 1. The summed E-state index contributed by atoms with van der Waals surface area (Å²) in [5, 5.41) is 9.09. The topological polar surface area (TPSA) is 77.2 Å². The summed E-state index contributed by atoms with van der Waals surface area (Å²) >= 11 is 0. The standard InChI is InChI=1S/C15H13N3O3/c1-21-13-7-10(4-5-11(13)15(19)20)8-18-6-2-3-12-14(18)17-9-16-12/h2-7,9H,8H2,1H3,(H,19,20). The Bertz CT molecular complexity index is 767. The van der Waals surface area contributed by atoms with Crippen LogP contribution in [0.3, 0.4) is 0 Å². The summed E-state index contributed by atoms with van der Waals surface area (Å²) in [6, 6.07) is 8.85. The Kier molecular flexibility index (Phi) is 3.27. The average molecular weight is 283 g/mol. The Morgan fingerprint density at radius 2 is 2.19 bits per heavy atom. The molecular weight excluding hydrogens is 270 g/mol. The number of carbonyl (C=O) groups is 1. The van der Waals surface area contributed by atoms with Gasteiger partial charge in [-0.05, 0) is 29.8 Å². The van der Waals surface area contributed by atoms with Gasteiger partial charge in [0.25, 0.3) is 0 Å². The largest absolute Gasteiger partial charge is 0.496 e. The van der Waals surface area contributed by atoms with Gasteiger partial charge in [0, 0.05) is 12.7 Å². The highest BCUT2D eigenvalue weighted by molar-refractivity contribution is 5.90. The van der Waals surface area contributed by atoms with E-state index in [-0.39, 0.29) is 5.56 Å². The maximum atomic E-state index is 11.1. The Hall–Kier alpha value is -2.89. The molecule has 0 amide bonds. The lowest BCUT2D eigenvalue weighted by Gasteiger charge is -2.12. The van der Waals surface area contributed by atoms with Crippen molar-refractivity contribution >= 4 is 5.97 Å². The average Bonchev–Trinajstić information content (AvgIpc) is 2.96. The molecule has 2 aliphatic rings. The van der Waals surface area contributed by atoms with E-state index in [0.29, 0.717) is 12.3 Å². The number of hydrogen-bond donors (Lipinski definition) is 1. The Morgan fingerprint density at radius 1 is 1.33 bits per heavy atom. The summed E-state index contributed by atoms with van der Waals surface area (Å²) in [5.74, 6) is 0.134. The van der Waals surface area contributed by atoms with Crippen molar-refractivity contribution in [2.45, 2.75) is 6.54 Å². The van der Waals surface area contributed by atoms with E-state index in [1.165, 1.54) is 13.4 Å². The van der Waals surface area contributed by atoms with Crippen molar-refractivity contribution < 1.29 is 14.6 Å². The number of benzene rings is 1. The molecule has 106 valence electrons. The second kappa shape index (κ2) is 5.24. The number of nitrogens with zero attached hydrogens (tertiary/aromatic N) is 3. The fourth-order valence-electron chi connectivity index (χ4n) is 2.25. The lowest BCUT2D eigenvalue weighted by Crippen LogP contribution is -2.06. The molecule has 1 aromatic carbocycles. The van der Waals surface area contributed by atoms with Gasteiger partial charge in [-0.1, -0.05) is 6.07 Å². The zero-order valence-electron chi connectivity index (χ0n) is 11.4. The number of hydrogen-bond acceptors (Lipinski definition) is 4. The predicted molar refractivity (Wildman–Crippen MR) is 75.7 cm³/mol. The minimum atomic E-state index is -1.00. The maximum absolute atomic E-state index is 11.1. The van der Waals surface area contributed by atoms with E-state index in [9.17, 15) is 4.79 Å². The normalized spacial score (nSPS) is 10.7. The fraction of sp³-hybridized carbons (Fsp3) is 0.133. The quantitative estimate of drug-likeness (QED) is 0.793. The van der Waals surface area contributed by atoms with Gasteiger partial charge in [-0.3, -0.25) is 0 Å². The van der Waals surface area contributed by atoms with Crippen LogP contribution in [-0.4, -0.2) is 32.7 Å².